The summed E-state index contributed by atoms with van der Waals surface area (Å²) in [5, 5.41) is 0. The van der Waals surface area contributed by atoms with Crippen LogP contribution in [-0.2, 0) is 4.74 Å². The zero-order valence-corrected chi connectivity index (χ0v) is 8.12. The summed E-state index contributed by atoms with van der Waals surface area (Å²) in [5.74, 6) is 0.135. The Labute approximate surface area is 82.9 Å². The molecule has 3 rings (SSSR count). The van der Waals surface area contributed by atoms with Gasteiger partial charge in [0.15, 0.2) is 11.4 Å². The van der Waals surface area contributed by atoms with E-state index in [2.05, 4.69) is 0 Å². The maximum atomic E-state index is 12.1. The van der Waals surface area contributed by atoms with Crippen LogP contribution in [0.25, 0.3) is 0 Å². The van der Waals surface area contributed by atoms with Gasteiger partial charge in [-0.15, -0.1) is 0 Å². The number of hydrogen-bond acceptors (Lipinski definition) is 2. The molecule has 1 heterocycles. The van der Waals surface area contributed by atoms with Gasteiger partial charge in [-0.1, -0.05) is 30.3 Å². The van der Waals surface area contributed by atoms with Crippen molar-refractivity contribution in [2.24, 2.45) is 0 Å². The third-order valence-corrected chi connectivity index (χ3v) is 3.40. The van der Waals surface area contributed by atoms with E-state index in [1.54, 1.807) is 0 Å². The van der Waals surface area contributed by atoms with Crippen molar-refractivity contribution < 1.29 is 9.53 Å². The number of epoxide rings is 1. The van der Waals surface area contributed by atoms with Crippen LogP contribution in [0.1, 0.15) is 30.1 Å². The van der Waals surface area contributed by atoms with Crippen molar-refractivity contribution in [3.8, 4) is 0 Å². The molecule has 1 spiro atoms. The van der Waals surface area contributed by atoms with Gasteiger partial charge < -0.3 is 4.74 Å². The Balaban J connectivity index is 1.91. The van der Waals surface area contributed by atoms with Crippen LogP contribution >= 0.6 is 0 Å². The van der Waals surface area contributed by atoms with Crippen LogP contribution < -0.4 is 0 Å². The molecule has 1 aliphatic heterocycles. The van der Waals surface area contributed by atoms with Gasteiger partial charge in [0.25, 0.3) is 0 Å². The second kappa shape index (κ2) is 2.26. The summed E-state index contributed by atoms with van der Waals surface area (Å²) in [6.07, 6.45) is 2.09. The highest BCUT2D eigenvalue weighted by Gasteiger charge is 2.77. The summed E-state index contributed by atoms with van der Waals surface area (Å²) in [6.45, 7) is 1.91. The molecule has 1 saturated carbocycles. The predicted octanol–water partition coefficient (Wildman–Crippen LogP) is 2.19. The van der Waals surface area contributed by atoms with Gasteiger partial charge in [0, 0.05) is 5.56 Å². The molecule has 1 aromatic carbocycles. The number of carbonyl (C=O) groups is 1. The maximum absolute atomic E-state index is 12.1. The molecular weight excluding hydrogens is 176 g/mol. The lowest BCUT2D eigenvalue weighted by Gasteiger charge is -2.04. The molecule has 1 saturated heterocycles. The van der Waals surface area contributed by atoms with Crippen molar-refractivity contribution in [3.05, 3.63) is 35.9 Å². The molecule has 2 fully saturated rings. The van der Waals surface area contributed by atoms with Gasteiger partial charge in [-0.25, -0.2) is 0 Å². The zero-order chi connectivity index (χ0) is 9.81. The second-order valence-corrected chi connectivity index (χ2v) is 4.32. The molecule has 1 unspecified atom stereocenters. The number of carbonyl (C=O) groups excluding carboxylic acids is 1. The van der Waals surface area contributed by atoms with Crippen molar-refractivity contribution in [2.75, 3.05) is 0 Å². The second-order valence-electron chi connectivity index (χ2n) is 4.32. The number of hydrogen-bond donors (Lipinski definition) is 0. The number of rotatable bonds is 2. The van der Waals surface area contributed by atoms with Gasteiger partial charge in [-0.05, 0) is 19.8 Å². The Hall–Kier alpha value is -1.15. The van der Waals surface area contributed by atoms with E-state index in [9.17, 15) is 4.79 Å². The van der Waals surface area contributed by atoms with Crippen LogP contribution in [0.15, 0.2) is 30.3 Å². The van der Waals surface area contributed by atoms with Crippen molar-refractivity contribution in [3.63, 3.8) is 0 Å². The fourth-order valence-electron chi connectivity index (χ4n) is 2.18. The summed E-state index contributed by atoms with van der Waals surface area (Å²) in [6, 6.07) is 9.40. The molecule has 1 aliphatic carbocycles. The largest absolute Gasteiger partial charge is 0.354 e. The minimum Gasteiger partial charge on any atom is -0.354 e. The lowest BCUT2D eigenvalue weighted by molar-refractivity contribution is 0.0888. The quantitative estimate of drug-likeness (QED) is 0.526. The monoisotopic (exact) mass is 188 g/mol. The van der Waals surface area contributed by atoms with Gasteiger partial charge >= 0.3 is 0 Å². The number of ether oxygens (including phenoxy) is 1. The highest BCUT2D eigenvalue weighted by molar-refractivity contribution is 6.05. The van der Waals surface area contributed by atoms with Crippen LogP contribution in [0.4, 0.5) is 0 Å². The van der Waals surface area contributed by atoms with Gasteiger partial charge in [0.2, 0.25) is 0 Å². The highest BCUT2D eigenvalue weighted by Crippen LogP contribution is 2.65. The Morgan fingerprint density at radius 1 is 1.29 bits per heavy atom. The molecule has 0 radical (unpaired) electrons. The molecule has 2 aliphatic rings. The summed E-state index contributed by atoms with van der Waals surface area (Å²) in [4.78, 5) is 12.1. The topological polar surface area (TPSA) is 29.6 Å². The normalized spacial score (nSPS) is 31.5. The van der Waals surface area contributed by atoms with E-state index in [1.807, 2.05) is 37.3 Å². The van der Waals surface area contributed by atoms with Gasteiger partial charge in [0.05, 0.1) is 0 Å². The smallest absolute Gasteiger partial charge is 0.197 e. The van der Waals surface area contributed by atoms with E-state index in [0.717, 1.165) is 18.4 Å². The van der Waals surface area contributed by atoms with Gasteiger partial charge in [0.1, 0.15) is 5.60 Å². The summed E-state index contributed by atoms with van der Waals surface area (Å²) in [5.41, 5.74) is 0.174. The van der Waals surface area contributed by atoms with Crippen LogP contribution in [0.2, 0.25) is 0 Å². The fraction of sp³-hybridized carbons (Fsp3) is 0.417. The Morgan fingerprint density at radius 2 is 1.93 bits per heavy atom. The van der Waals surface area contributed by atoms with E-state index in [1.165, 1.54) is 0 Å². The SMILES string of the molecule is CC1(C(=O)c2ccccc2)OC12CC2. The van der Waals surface area contributed by atoms with E-state index < -0.39 is 5.60 Å². The van der Waals surface area contributed by atoms with E-state index >= 15 is 0 Å². The van der Waals surface area contributed by atoms with E-state index in [4.69, 9.17) is 4.74 Å². The molecule has 14 heavy (non-hydrogen) atoms. The average molecular weight is 188 g/mol. The van der Waals surface area contributed by atoms with Gasteiger partial charge in [-0.3, -0.25) is 4.79 Å². The van der Waals surface area contributed by atoms with Crippen LogP contribution in [0.3, 0.4) is 0 Å². The van der Waals surface area contributed by atoms with Crippen LogP contribution in [0.5, 0.6) is 0 Å². The van der Waals surface area contributed by atoms with Gasteiger partial charge in [-0.2, -0.15) is 0 Å². The minimum absolute atomic E-state index is 0.0695. The summed E-state index contributed by atoms with van der Waals surface area (Å²) < 4.78 is 5.57. The third-order valence-electron chi connectivity index (χ3n) is 3.40. The molecule has 1 atom stereocenters. The first-order chi connectivity index (χ1) is 6.68. The Morgan fingerprint density at radius 3 is 2.43 bits per heavy atom. The summed E-state index contributed by atoms with van der Waals surface area (Å²) in [7, 11) is 0. The molecule has 0 amide bonds. The average Bonchev–Trinajstić information content (AvgIpc) is 3.09. The fourth-order valence-corrected chi connectivity index (χ4v) is 2.18. The summed E-state index contributed by atoms with van der Waals surface area (Å²) >= 11 is 0. The molecule has 72 valence electrons. The molecule has 2 heteroatoms. The Kier molecular flexibility index (Phi) is 1.32. The molecule has 2 nitrogen and oxygen atoms in total. The number of ketones is 1. The number of Topliss-reactive ketones (excluding diaryl/α,β-unsaturated/α-hetero) is 1. The lowest BCUT2D eigenvalue weighted by Crippen LogP contribution is -2.24. The van der Waals surface area contributed by atoms with Crippen molar-refractivity contribution in [2.45, 2.75) is 31.0 Å². The minimum atomic E-state index is -0.519. The first kappa shape index (κ1) is 8.18. The standard InChI is InChI=1S/C12H12O2/c1-11(12(14-11)7-8-12)10(13)9-5-3-2-4-6-9/h2-6H,7-8H2,1H3. The number of benzene rings is 1. The first-order valence-electron chi connectivity index (χ1n) is 4.98. The van der Waals surface area contributed by atoms with E-state index in [0.29, 0.717) is 0 Å². The third kappa shape index (κ3) is 0.867. The molecule has 1 aromatic rings. The molecule has 0 bridgehead atoms. The molecular formula is C12H12O2. The first-order valence-corrected chi connectivity index (χ1v) is 4.98. The maximum Gasteiger partial charge on any atom is 0.197 e. The van der Waals surface area contributed by atoms with Crippen LogP contribution in [0, 0.1) is 0 Å². The Bertz CT molecular complexity index is 392. The zero-order valence-electron chi connectivity index (χ0n) is 8.12. The predicted molar refractivity (Wildman–Crippen MR) is 52.2 cm³/mol. The van der Waals surface area contributed by atoms with Crippen LogP contribution in [-0.4, -0.2) is 17.0 Å². The van der Waals surface area contributed by atoms with Crippen molar-refractivity contribution in [1.82, 2.24) is 0 Å². The van der Waals surface area contributed by atoms with Crippen molar-refractivity contribution in [1.29, 1.82) is 0 Å². The molecule has 0 N–H and O–H groups in total. The lowest BCUT2D eigenvalue weighted by atomic mass is 9.95. The highest BCUT2D eigenvalue weighted by atomic mass is 16.6. The van der Waals surface area contributed by atoms with Crippen molar-refractivity contribution >= 4 is 5.78 Å². The molecule has 0 aromatic heterocycles. The van der Waals surface area contributed by atoms with E-state index in [-0.39, 0.29) is 11.4 Å².